The molecule has 1 saturated heterocycles. The van der Waals surface area contributed by atoms with Crippen LogP contribution in [-0.4, -0.2) is 30.1 Å². The molecule has 0 radical (unpaired) electrons. The average molecular weight is 273 g/mol. The Balaban J connectivity index is 0.00000162. The van der Waals surface area contributed by atoms with Crippen molar-refractivity contribution in [3.8, 4) is 0 Å². The van der Waals surface area contributed by atoms with Gasteiger partial charge in [-0.05, 0) is 76.4 Å². The molecule has 2 fully saturated rings. The molecule has 1 saturated carbocycles. The second-order valence-electron chi connectivity index (χ2n) is 6.68. The predicted octanol–water partition coefficient (Wildman–Crippen LogP) is 4.01. The lowest BCUT2D eigenvalue weighted by Gasteiger charge is -2.42. The summed E-state index contributed by atoms with van der Waals surface area (Å²) in [7, 11) is 0. The van der Waals surface area contributed by atoms with E-state index < -0.39 is 0 Å². The lowest BCUT2D eigenvalue weighted by Crippen LogP contribution is -2.47. The number of piperidine rings is 1. The number of halogens is 1. The molecule has 1 aliphatic carbocycles. The molecule has 0 unspecified atom stereocenters. The average Bonchev–Trinajstić information content (AvgIpc) is 3.07. The lowest BCUT2D eigenvalue weighted by atomic mass is 9.80. The molecule has 0 aromatic heterocycles. The van der Waals surface area contributed by atoms with Crippen molar-refractivity contribution >= 4 is 12.4 Å². The zero-order valence-electron chi connectivity index (χ0n) is 11.7. The van der Waals surface area contributed by atoms with Crippen LogP contribution in [0.1, 0.15) is 46.5 Å². The monoisotopic (exact) mass is 272 g/mol. The fraction of sp³-hybridized carbons (Fsp3) is 1.00. The summed E-state index contributed by atoms with van der Waals surface area (Å²) in [5.74, 6) is 0.784. The summed E-state index contributed by atoms with van der Waals surface area (Å²) < 4.78 is 0. The summed E-state index contributed by atoms with van der Waals surface area (Å²) in [6.07, 6.45) is 5.09. The SMILES string of the molecule is CC(C)(C)N1CCC(C2(CN=[N+]=[N-])CC2)CC1.Cl. The molecule has 0 spiro atoms. The largest absolute Gasteiger partial charge is 0.298 e. The number of hydrogen-bond acceptors (Lipinski definition) is 2. The van der Waals surface area contributed by atoms with Crippen LogP contribution in [0.25, 0.3) is 10.4 Å². The van der Waals surface area contributed by atoms with Gasteiger partial charge in [-0.3, -0.25) is 4.90 Å². The third-order valence-electron chi connectivity index (χ3n) is 4.65. The normalized spacial score (nSPS) is 23.9. The summed E-state index contributed by atoms with van der Waals surface area (Å²) in [5.41, 5.74) is 9.14. The molecule has 18 heavy (non-hydrogen) atoms. The molecule has 0 atom stereocenters. The standard InChI is InChI=1S/C13H24N4.ClH/c1-12(2,3)17-8-4-11(5-9-17)13(6-7-13)10-15-16-14;/h11H,4-10H2,1-3H3;1H. The van der Waals surface area contributed by atoms with Crippen molar-refractivity contribution in [2.75, 3.05) is 19.6 Å². The topological polar surface area (TPSA) is 52.0 Å². The highest BCUT2D eigenvalue weighted by atomic mass is 35.5. The Morgan fingerprint density at radius 3 is 2.22 bits per heavy atom. The zero-order chi connectivity index (χ0) is 12.5. The third-order valence-corrected chi connectivity index (χ3v) is 4.65. The van der Waals surface area contributed by atoms with Crippen molar-refractivity contribution in [3.63, 3.8) is 0 Å². The second-order valence-corrected chi connectivity index (χ2v) is 6.68. The summed E-state index contributed by atoms with van der Waals surface area (Å²) >= 11 is 0. The van der Waals surface area contributed by atoms with Gasteiger partial charge in [0.2, 0.25) is 0 Å². The van der Waals surface area contributed by atoms with Gasteiger partial charge < -0.3 is 0 Å². The number of rotatable bonds is 3. The van der Waals surface area contributed by atoms with Crippen LogP contribution in [0.15, 0.2) is 5.11 Å². The van der Waals surface area contributed by atoms with Gasteiger partial charge in [0, 0.05) is 17.0 Å². The van der Waals surface area contributed by atoms with Gasteiger partial charge in [-0.1, -0.05) is 5.11 Å². The van der Waals surface area contributed by atoms with Crippen molar-refractivity contribution in [2.24, 2.45) is 16.4 Å². The molecule has 2 aliphatic rings. The fourth-order valence-corrected chi connectivity index (χ4v) is 3.19. The molecular formula is C13H25ClN4. The summed E-state index contributed by atoms with van der Waals surface area (Å²) in [4.78, 5) is 5.50. The highest BCUT2D eigenvalue weighted by Gasteiger charge is 2.49. The lowest BCUT2D eigenvalue weighted by molar-refractivity contribution is 0.0666. The van der Waals surface area contributed by atoms with Crippen LogP contribution in [0, 0.1) is 11.3 Å². The maximum atomic E-state index is 8.45. The van der Waals surface area contributed by atoms with Crippen LogP contribution in [0.2, 0.25) is 0 Å². The molecule has 1 aliphatic heterocycles. The first-order valence-electron chi connectivity index (χ1n) is 6.74. The van der Waals surface area contributed by atoms with Crippen molar-refractivity contribution in [2.45, 2.75) is 52.0 Å². The Hall–Kier alpha value is -0.440. The Labute approximate surface area is 116 Å². The van der Waals surface area contributed by atoms with E-state index in [0.29, 0.717) is 11.0 Å². The van der Waals surface area contributed by atoms with Crippen LogP contribution in [0.3, 0.4) is 0 Å². The van der Waals surface area contributed by atoms with Gasteiger partial charge in [0.15, 0.2) is 0 Å². The Morgan fingerprint density at radius 1 is 1.28 bits per heavy atom. The molecule has 0 aromatic rings. The number of likely N-dealkylation sites (tertiary alicyclic amines) is 1. The van der Waals surface area contributed by atoms with Gasteiger partial charge >= 0.3 is 0 Å². The van der Waals surface area contributed by atoms with E-state index in [1.54, 1.807) is 0 Å². The van der Waals surface area contributed by atoms with Crippen LogP contribution < -0.4 is 0 Å². The minimum atomic E-state index is 0. The molecule has 4 nitrogen and oxygen atoms in total. The van der Waals surface area contributed by atoms with Gasteiger partial charge in [-0.15, -0.1) is 12.4 Å². The van der Waals surface area contributed by atoms with Gasteiger partial charge in [0.05, 0.1) is 0 Å². The number of nitrogens with zero attached hydrogens (tertiary/aromatic N) is 4. The minimum absolute atomic E-state index is 0. The van der Waals surface area contributed by atoms with Crippen LogP contribution >= 0.6 is 12.4 Å². The predicted molar refractivity (Wildman–Crippen MR) is 77.0 cm³/mol. The Bertz CT molecular complexity index is 318. The summed E-state index contributed by atoms with van der Waals surface area (Å²) in [5, 5.41) is 3.82. The molecule has 0 amide bonds. The molecule has 0 N–H and O–H groups in total. The van der Waals surface area contributed by atoms with Crippen molar-refractivity contribution in [3.05, 3.63) is 10.4 Å². The summed E-state index contributed by atoms with van der Waals surface area (Å²) in [6.45, 7) is 10.0. The molecule has 1 heterocycles. The van der Waals surface area contributed by atoms with E-state index in [4.69, 9.17) is 5.53 Å². The van der Waals surface area contributed by atoms with Crippen LogP contribution in [0.5, 0.6) is 0 Å². The molecule has 0 aromatic carbocycles. The van der Waals surface area contributed by atoms with E-state index in [9.17, 15) is 0 Å². The van der Waals surface area contributed by atoms with E-state index in [2.05, 4.69) is 35.7 Å². The van der Waals surface area contributed by atoms with E-state index in [1.807, 2.05) is 0 Å². The first-order valence-corrected chi connectivity index (χ1v) is 6.74. The quantitative estimate of drug-likeness (QED) is 0.435. The van der Waals surface area contributed by atoms with Gasteiger partial charge in [0.25, 0.3) is 0 Å². The van der Waals surface area contributed by atoms with Crippen LogP contribution in [-0.2, 0) is 0 Å². The highest BCUT2D eigenvalue weighted by Crippen LogP contribution is 2.55. The van der Waals surface area contributed by atoms with Crippen molar-refractivity contribution in [1.82, 2.24) is 4.90 Å². The van der Waals surface area contributed by atoms with E-state index in [1.165, 1.54) is 38.8 Å². The van der Waals surface area contributed by atoms with E-state index in [-0.39, 0.29) is 12.4 Å². The van der Waals surface area contributed by atoms with E-state index in [0.717, 1.165) is 12.5 Å². The number of azide groups is 1. The maximum absolute atomic E-state index is 8.45. The zero-order valence-corrected chi connectivity index (χ0v) is 12.5. The molecule has 5 heteroatoms. The molecular weight excluding hydrogens is 248 g/mol. The van der Waals surface area contributed by atoms with Crippen LogP contribution in [0.4, 0.5) is 0 Å². The first kappa shape index (κ1) is 15.6. The van der Waals surface area contributed by atoms with Crippen molar-refractivity contribution < 1.29 is 0 Å². The molecule has 0 bridgehead atoms. The van der Waals surface area contributed by atoms with Crippen molar-refractivity contribution in [1.29, 1.82) is 0 Å². The Kier molecular flexibility index (Phi) is 4.93. The third kappa shape index (κ3) is 3.31. The summed E-state index contributed by atoms with van der Waals surface area (Å²) in [6, 6.07) is 0. The van der Waals surface area contributed by atoms with E-state index >= 15 is 0 Å². The highest BCUT2D eigenvalue weighted by molar-refractivity contribution is 5.85. The van der Waals surface area contributed by atoms with Gasteiger partial charge in [-0.2, -0.15) is 0 Å². The molecule has 2 rings (SSSR count). The number of hydrogen-bond donors (Lipinski definition) is 0. The second kappa shape index (κ2) is 5.68. The smallest absolute Gasteiger partial charge is 0.0317 e. The Morgan fingerprint density at radius 2 is 1.83 bits per heavy atom. The van der Waals surface area contributed by atoms with Gasteiger partial charge in [-0.25, -0.2) is 0 Å². The first-order chi connectivity index (χ1) is 7.98. The fourth-order valence-electron chi connectivity index (χ4n) is 3.19. The molecule has 104 valence electrons. The van der Waals surface area contributed by atoms with Gasteiger partial charge in [0.1, 0.15) is 0 Å². The maximum Gasteiger partial charge on any atom is 0.0317 e. The minimum Gasteiger partial charge on any atom is -0.298 e.